The monoisotopic (exact) mass is 409 g/mol. The third-order valence-electron chi connectivity index (χ3n) is 5.82. The molecule has 2 aliphatic rings. The van der Waals surface area contributed by atoms with E-state index in [1.807, 2.05) is 36.4 Å². The van der Waals surface area contributed by atoms with Crippen molar-refractivity contribution in [3.63, 3.8) is 0 Å². The van der Waals surface area contributed by atoms with E-state index in [-0.39, 0.29) is 18.2 Å². The lowest BCUT2D eigenvalue weighted by Gasteiger charge is -2.19. The molecular formula is C22H23N3O5. The van der Waals surface area contributed by atoms with Crippen LogP contribution in [0.2, 0.25) is 0 Å². The van der Waals surface area contributed by atoms with Crippen LogP contribution in [0.1, 0.15) is 18.4 Å². The van der Waals surface area contributed by atoms with Gasteiger partial charge in [-0.25, -0.2) is 4.79 Å². The number of amides is 3. The zero-order chi connectivity index (χ0) is 21.3. The van der Waals surface area contributed by atoms with Gasteiger partial charge in [-0.05, 0) is 24.5 Å². The number of aromatic nitrogens is 1. The maximum absolute atomic E-state index is 12.6. The number of carbonyl (C=O) groups is 4. The Labute approximate surface area is 173 Å². The van der Waals surface area contributed by atoms with E-state index in [4.69, 9.17) is 4.74 Å². The van der Waals surface area contributed by atoms with Gasteiger partial charge in [0.05, 0.1) is 18.9 Å². The van der Waals surface area contributed by atoms with Crippen LogP contribution in [0, 0.1) is 11.8 Å². The Morgan fingerprint density at radius 1 is 1.17 bits per heavy atom. The molecule has 1 aliphatic heterocycles. The lowest BCUT2D eigenvalue weighted by atomic mass is 9.85. The van der Waals surface area contributed by atoms with Crippen molar-refractivity contribution in [2.45, 2.75) is 25.3 Å². The number of fused-ring (bicyclic) bond motifs is 2. The van der Waals surface area contributed by atoms with Gasteiger partial charge in [0.15, 0.2) is 0 Å². The first-order valence-corrected chi connectivity index (χ1v) is 9.92. The number of rotatable bonds is 6. The molecular weight excluding hydrogens is 386 g/mol. The largest absolute Gasteiger partial charge is 0.467 e. The molecule has 4 rings (SSSR count). The maximum atomic E-state index is 12.6. The fourth-order valence-electron chi connectivity index (χ4n) is 4.26. The van der Waals surface area contributed by atoms with E-state index in [2.05, 4.69) is 10.3 Å². The van der Waals surface area contributed by atoms with Crippen LogP contribution >= 0.6 is 0 Å². The van der Waals surface area contributed by atoms with Crippen molar-refractivity contribution in [3.05, 3.63) is 48.2 Å². The summed E-state index contributed by atoms with van der Waals surface area (Å²) in [5.41, 5.74) is 1.78. The number of ether oxygens (including phenoxy) is 1. The van der Waals surface area contributed by atoms with Crippen LogP contribution < -0.4 is 5.32 Å². The lowest BCUT2D eigenvalue weighted by Crippen LogP contribution is -2.48. The molecule has 156 valence electrons. The summed E-state index contributed by atoms with van der Waals surface area (Å²) in [6.45, 7) is -0.397. The average Bonchev–Trinajstić information content (AvgIpc) is 3.27. The van der Waals surface area contributed by atoms with Gasteiger partial charge in [-0.1, -0.05) is 30.4 Å². The van der Waals surface area contributed by atoms with Gasteiger partial charge in [-0.15, -0.1) is 0 Å². The first-order chi connectivity index (χ1) is 14.5. The molecule has 0 radical (unpaired) electrons. The fraction of sp³-hybridized carbons (Fsp3) is 0.364. The summed E-state index contributed by atoms with van der Waals surface area (Å²) in [5, 5.41) is 3.58. The number of aromatic amines is 1. The smallest absolute Gasteiger partial charge is 0.328 e. The number of allylic oxidation sites excluding steroid dienone is 2. The number of likely N-dealkylation sites (tertiary alicyclic amines) is 1. The molecule has 1 fully saturated rings. The van der Waals surface area contributed by atoms with Gasteiger partial charge < -0.3 is 15.0 Å². The molecule has 0 unspecified atom stereocenters. The standard InChI is InChI=1S/C22H23N3O5/c1-30-22(29)18(10-13-11-23-17-9-5-4-6-14(13)17)24-19(26)12-25-20(27)15-7-2-3-8-16(15)21(25)28/h2-6,9,11,15-16,18,23H,7-8,10,12H2,1H3,(H,24,26)/t15-,16-,18+/m0/s1. The van der Waals surface area contributed by atoms with Crippen molar-refractivity contribution >= 4 is 34.6 Å². The molecule has 30 heavy (non-hydrogen) atoms. The third kappa shape index (κ3) is 3.60. The van der Waals surface area contributed by atoms with Crippen LogP contribution in [0.5, 0.6) is 0 Å². The maximum Gasteiger partial charge on any atom is 0.328 e. The van der Waals surface area contributed by atoms with Crippen molar-refractivity contribution in [1.82, 2.24) is 15.2 Å². The molecule has 0 spiro atoms. The molecule has 8 nitrogen and oxygen atoms in total. The number of esters is 1. The number of hydrogen-bond donors (Lipinski definition) is 2. The van der Waals surface area contributed by atoms with E-state index in [0.717, 1.165) is 21.4 Å². The van der Waals surface area contributed by atoms with E-state index in [1.54, 1.807) is 6.20 Å². The molecule has 8 heteroatoms. The highest BCUT2D eigenvalue weighted by Crippen LogP contribution is 2.34. The Bertz CT molecular complexity index is 1010. The average molecular weight is 409 g/mol. The summed E-state index contributed by atoms with van der Waals surface area (Å²) in [6, 6.07) is 6.71. The van der Waals surface area contributed by atoms with Crippen LogP contribution in [0.4, 0.5) is 0 Å². The minimum atomic E-state index is -0.932. The minimum Gasteiger partial charge on any atom is -0.467 e. The van der Waals surface area contributed by atoms with Gasteiger partial charge in [0, 0.05) is 23.5 Å². The van der Waals surface area contributed by atoms with Crippen molar-refractivity contribution < 1.29 is 23.9 Å². The number of methoxy groups -OCH3 is 1. The van der Waals surface area contributed by atoms with Crippen LogP contribution in [0.3, 0.4) is 0 Å². The zero-order valence-corrected chi connectivity index (χ0v) is 16.6. The summed E-state index contributed by atoms with van der Waals surface area (Å²) in [4.78, 5) is 54.2. The van der Waals surface area contributed by atoms with Gasteiger partial charge in [0.2, 0.25) is 17.7 Å². The molecule has 1 aliphatic carbocycles. The van der Waals surface area contributed by atoms with Crippen LogP contribution in [-0.4, -0.2) is 53.3 Å². The summed E-state index contributed by atoms with van der Waals surface area (Å²) >= 11 is 0. The second-order valence-electron chi connectivity index (χ2n) is 7.63. The molecule has 0 bridgehead atoms. The number of imide groups is 1. The third-order valence-corrected chi connectivity index (χ3v) is 5.82. The quantitative estimate of drug-likeness (QED) is 0.425. The number of H-pyrrole nitrogens is 1. The number of carbonyl (C=O) groups excluding carboxylic acids is 4. The first kappa shape index (κ1) is 19.9. The van der Waals surface area contributed by atoms with Gasteiger partial charge in [-0.3, -0.25) is 19.3 Å². The van der Waals surface area contributed by atoms with E-state index in [0.29, 0.717) is 12.8 Å². The molecule has 1 aromatic carbocycles. The summed E-state index contributed by atoms with van der Waals surface area (Å²) in [7, 11) is 1.25. The highest BCUT2D eigenvalue weighted by atomic mass is 16.5. The van der Waals surface area contributed by atoms with E-state index in [1.165, 1.54) is 7.11 Å². The number of para-hydroxylation sites is 1. The molecule has 2 N–H and O–H groups in total. The van der Waals surface area contributed by atoms with Gasteiger partial charge >= 0.3 is 5.97 Å². The molecule has 1 saturated heterocycles. The van der Waals surface area contributed by atoms with Crippen LogP contribution in [-0.2, 0) is 30.3 Å². The molecule has 3 amide bonds. The number of hydrogen-bond acceptors (Lipinski definition) is 5. The van der Waals surface area contributed by atoms with Crippen LogP contribution in [0.25, 0.3) is 10.9 Å². The normalized spacial score (nSPS) is 21.6. The molecule has 0 saturated carbocycles. The summed E-state index contributed by atoms with van der Waals surface area (Å²) < 4.78 is 4.84. The highest BCUT2D eigenvalue weighted by Gasteiger charge is 2.47. The minimum absolute atomic E-state index is 0.222. The molecule has 2 aromatic rings. The second-order valence-corrected chi connectivity index (χ2v) is 7.63. The predicted octanol–water partition coefficient (Wildman–Crippen LogP) is 1.32. The van der Waals surface area contributed by atoms with E-state index < -0.39 is 36.3 Å². The number of nitrogens with zero attached hydrogens (tertiary/aromatic N) is 1. The Hall–Kier alpha value is -3.42. The molecule has 3 atom stereocenters. The zero-order valence-electron chi connectivity index (χ0n) is 16.6. The lowest BCUT2D eigenvalue weighted by molar-refractivity contribution is -0.146. The van der Waals surface area contributed by atoms with Gasteiger partial charge in [0.25, 0.3) is 0 Å². The second kappa shape index (κ2) is 8.14. The van der Waals surface area contributed by atoms with Crippen molar-refractivity contribution in [1.29, 1.82) is 0 Å². The predicted molar refractivity (Wildman–Crippen MR) is 108 cm³/mol. The summed E-state index contributed by atoms with van der Waals surface area (Å²) in [6.07, 6.45) is 6.82. The van der Waals surface area contributed by atoms with Crippen molar-refractivity contribution in [3.8, 4) is 0 Å². The summed E-state index contributed by atoms with van der Waals surface area (Å²) in [5.74, 6) is -2.59. The van der Waals surface area contributed by atoms with Crippen molar-refractivity contribution in [2.75, 3.05) is 13.7 Å². The number of nitrogens with one attached hydrogen (secondary N) is 2. The van der Waals surface area contributed by atoms with E-state index >= 15 is 0 Å². The Morgan fingerprint density at radius 2 is 1.83 bits per heavy atom. The fourth-order valence-corrected chi connectivity index (χ4v) is 4.26. The molecule has 2 heterocycles. The molecule has 1 aromatic heterocycles. The topological polar surface area (TPSA) is 109 Å². The Kier molecular flexibility index (Phi) is 5.39. The highest BCUT2D eigenvalue weighted by molar-refractivity contribution is 6.07. The van der Waals surface area contributed by atoms with Crippen LogP contribution in [0.15, 0.2) is 42.6 Å². The van der Waals surface area contributed by atoms with Gasteiger partial charge in [-0.2, -0.15) is 0 Å². The Balaban J connectivity index is 1.46. The Morgan fingerprint density at radius 3 is 2.50 bits per heavy atom. The van der Waals surface area contributed by atoms with E-state index in [9.17, 15) is 19.2 Å². The van der Waals surface area contributed by atoms with Gasteiger partial charge in [0.1, 0.15) is 12.6 Å². The SMILES string of the molecule is COC(=O)[C@@H](Cc1c[nH]c2ccccc12)NC(=O)CN1C(=O)[C@H]2CC=CC[C@@H]2C1=O. The van der Waals surface area contributed by atoms with Crippen molar-refractivity contribution in [2.24, 2.45) is 11.8 Å². The first-order valence-electron chi connectivity index (χ1n) is 9.92. The number of benzene rings is 1.